The predicted octanol–water partition coefficient (Wildman–Crippen LogP) is 4.75. The molecule has 0 bridgehead atoms. The number of carbonyl (C=O) groups is 1. The number of aromatic nitrogens is 2. The van der Waals surface area contributed by atoms with Crippen molar-refractivity contribution in [2.75, 3.05) is 5.73 Å². The SMILES string of the molecule is Nc1n(CC(=O)c2ccc(Cl)c(Cl)c2)c2ccccc2[n+]1Cc1ccccc1. The molecular weight excluding hydrogens is 393 g/mol. The number of halogens is 2. The lowest BCUT2D eigenvalue weighted by atomic mass is 10.1. The van der Waals surface area contributed by atoms with E-state index in [1.165, 1.54) is 0 Å². The molecule has 4 nitrogen and oxygen atoms in total. The van der Waals surface area contributed by atoms with Gasteiger partial charge in [0.05, 0.1) is 16.6 Å². The number of para-hydroxylation sites is 2. The quantitative estimate of drug-likeness (QED) is 0.381. The second-order valence-electron chi connectivity index (χ2n) is 6.56. The molecule has 0 atom stereocenters. The molecule has 4 aromatic rings. The number of nitrogens with zero attached hydrogens (tertiary/aromatic N) is 2. The number of carbonyl (C=O) groups excluding carboxylic acids is 1. The molecule has 0 saturated carbocycles. The van der Waals surface area contributed by atoms with Crippen LogP contribution in [0.1, 0.15) is 15.9 Å². The highest BCUT2D eigenvalue weighted by atomic mass is 35.5. The molecule has 6 heteroatoms. The first-order valence-corrected chi connectivity index (χ1v) is 9.59. The normalized spacial score (nSPS) is 11.1. The fourth-order valence-corrected chi connectivity index (χ4v) is 3.61. The Morgan fingerprint density at radius 2 is 1.64 bits per heavy atom. The lowest BCUT2D eigenvalue weighted by Crippen LogP contribution is -2.37. The largest absolute Gasteiger partial charge is 0.356 e. The number of rotatable bonds is 5. The van der Waals surface area contributed by atoms with Gasteiger partial charge >= 0.3 is 5.95 Å². The fraction of sp³-hybridized carbons (Fsp3) is 0.0909. The molecule has 0 aliphatic rings. The first-order chi connectivity index (χ1) is 13.5. The third-order valence-electron chi connectivity index (χ3n) is 4.74. The molecule has 2 N–H and O–H groups in total. The summed E-state index contributed by atoms with van der Waals surface area (Å²) >= 11 is 12.0. The number of imidazole rings is 1. The second kappa shape index (κ2) is 7.66. The van der Waals surface area contributed by atoms with Crippen LogP contribution in [0.15, 0.2) is 72.8 Å². The van der Waals surface area contributed by atoms with E-state index in [4.69, 9.17) is 28.9 Å². The molecule has 28 heavy (non-hydrogen) atoms. The minimum absolute atomic E-state index is 0.0853. The van der Waals surface area contributed by atoms with Gasteiger partial charge in [0.2, 0.25) is 0 Å². The highest BCUT2D eigenvalue weighted by molar-refractivity contribution is 6.42. The average Bonchev–Trinajstić information content (AvgIpc) is 2.97. The lowest BCUT2D eigenvalue weighted by molar-refractivity contribution is -0.648. The molecule has 0 aliphatic carbocycles. The van der Waals surface area contributed by atoms with E-state index in [0.717, 1.165) is 16.6 Å². The molecular formula is C22H18Cl2N3O+. The van der Waals surface area contributed by atoms with E-state index in [1.54, 1.807) is 18.2 Å². The molecule has 140 valence electrons. The van der Waals surface area contributed by atoms with Crippen molar-refractivity contribution in [3.63, 3.8) is 0 Å². The summed E-state index contributed by atoms with van der Waals surface area (Å²) in [5.41, 5.74) is 9.99. The molecule has 0 aliphatic heterocycles. The van der Waals surface area contributed by atoms with Gasteiger partial charge < -0.3 is 0 Å². The van der Waals surface area contributed by atoms with E-state index in [1.807, 2.05) is 51.6 Å². The zero-order valence-corrected chi connectivity index (χ0v) is 16.5. The molecule has 3 aromatic carbocycles. The molecule has 0 amide bonds. The Kier molecular flexibility index (Phi) is 5.07. The maximum absolute atomic E-state index is 12.9. The van der Waals surface area contributed by atoms with Crippen LogP contribution in [0.2, 0.25) is 10.0 Å². The van der Waals surface area contributed by atoms with Crippen LogP contribution >= 0.6 is 23.2 Å². The zero-order chi connectivity index (χ0) is 19.7. The van der Waals surface area contributed by atoms with Crippen LogP contribution in [-0.4, -0.2) is 10.4 Å². The Labute approximate surface area is 172 Å². The van der Waals surface area contributed by atoms with Crippen LogP contribution in [0, 0.1) is 0 Å². The molecule has 1 aromatic heterocycles. The summed E-state index contributed by atoms with van der Waals surface area (Å²) in [6, 6.07) is 22.9. The van der Waals surface area contributed by atoms with Crippen LogP contribution in [0.4, 0.5) is 5.95 Å². The van der Waals surface area contributed by atoms with Gasteiger partial charge in [-0.15, -0.1) is 0 Å². The molecule has 0 unspecified atom stereocenters. The van der Waals surface area contributed by atoms with Crippen LogP contribution in [0.3, 0.4) is 0 Å². The van der Waals surface area contributed by atoms with Gasteiger partial charge in [-0.2, -0.15) is 0 Å². The topological polar surface area (TPSA) is 51.9 Å². The summed E-state index contributed by atoms with van der Waals surface area (Å²) in [5, 5.41) is 0.779. The van der Waals surface area contributed by atoms with Crippen molar-refractivity contribution in [2.24, 2.45) is 0 Å². The summed E-state index contributed by atoms with van der Waals surface area (Å²) in [6.45, 7) is 0.743. The lowest BCUT2D eigenvalue weighted by Gasteiger charge is -2.04. The van der Waals surface area contributed by atoms with Gasteiger partial charge in [-0.25, -0.2) is 9.13 Å². The van der Waals surface area contributed by atoms with Crippen LogP contribution in [-0.2, 0) is 13.1 Å². The Morgan fingerprint density at radius 1 is 0.929 bits per heavy atom. The average molecular weight is 411 g/mol. The number of ketones is 1. The smallest absolute Gasteiger partial charge is 0.291 e. The van der Waals surface area contributed by atoms with Gasteiger partial charge in [0.15, 0.2) is 5.78 Å². The highest BCUT2D eigenvalue weighted by Gasteiger charge is 2.23. The number of benzene rings is 3. The van der Waals surface area contributed by atoms with E-state index in [0.29, 0.717) is 28.1 Å². The Bertz CT molecular complexity index is 1170. The van der Waals surface area contributed by atoms with Crippen molar-refractivity contribution in [2.45, 2.75) is 13.1 Å². The van der Waals surface area contributed by atoms with E-state index < -0.39 is 0 Å². The van der Waals surface area contributed by atoms with Crippen molar-refractivity contribution in [1.82, 2.24) is 4.57 Å². The Morgan fingerprint density at radius 3 is 2.39 bits per heavy atom. The zero-order valence-electron chi connectivity index (χ0n) is 15.0. The van der Waals surface area contributed by atoms with Gasteiger partial charge in [-0.3, -0.25) is 10.5 Å². The van der Waals surface area contributed by atoms with Crippen LogP contribution in [0.5, 0.6) is 0 Å². The molecule has 1 heterocycles. The van der Waals surface area contributed by atoms with Crippen molar-refractivity contribution in [1.29, 1.82) is 0 Å². The van der Waals surface area contributed by atoms with E-state index in [-0.39, 0.29) is 12.3 Å². The van der Waals surface area contributed by atoms with E-state index >= 15 is 0 Å². The van der Waals surface area contributed by atoms with Gasteiger partial charge in [0.25, 0.3) is 0 Å². The van der Waals surface area contributed by atoms with E-state index in [9.17, 15) is 4.79 Å². The number of nitrogens with two attached hydrogens (primary N) is 1. The summed E-state index contributed by atoms with van der Waals surface area (Å²) in [4.78, 5) is 12.9. The summed E-state index contributed by atoms with van der Waals surface area (Å²) < 4.78 is 3.86. The molecule has 4 rings (SSSR count). The van der Waals surface area contributed by atoms with Gasteiger partial charge in [0.1, 0.15) is 17.6 Å². The molecule has 0 spiro atoms. The number of nitrogen functional groups attached to an aromatic ring is 1. The van der Waals surface area contributed by atoms with E-state index in [2.05, 4.69) is 12.1 Å². The summed E-state index contributed by atoms with van der Waals surface area (Å²) in [6.07, 6.45) is 0. The third-order valence-corrected chi connectivity index (χ3v) is 5.48. The van der Waals surface area contributed by atoms with Crippen molar-refractivity contribution in [3.05, 3.63) is 94.0 Å². The van der Waals surface area contributed by atoms with Crippen molar-refractivity contribution in [3.8, 4) is 0 Å². The predicted molar refractivity (Wildman–Crippen MR) is 113 cm³/mol. The Balaban J connectivity index is 1.74. The number of hydrogen-bond donors (Lipinski definition) is 1. The molecule has 0 radical (unpaired) electrons. The van der Waals surface area contributed by atoms with Gasteiger partial charge in [-0.05, 0) is 35.9 Å². The van der Waals surface area contributed by atoms with Crippen molar-refractivity contribution >= 4 is 46.0 Å². The first kappa shape index (κ1) is 18.5. The maximum atomic E-state index is 12.9. The van der Waals surface area contributed by atoms with Gasteiger partial charge in [-0.1, -0.05) is 65.7 Å². The number of fused-ring (bicyclic) bond motifs is 1. The first-order valence-electron chi connectivity index (χ1n) is 8.83. The number of anilines is 1. The number of hydrogen-bond acceptors (Lipinski definition) is 2. The Hall–Kier alpha value is -2.82. The maximum Gasteiger partial charge on any atom is 0.356 e. The minimum atomic E-state index is -0.0853. The highest BCUT2D eigenvalue weighted by Crippen LogP contribution is 2.24. The van der Waals surface area contributed by atoms with Crippen LogP contribution < -0.4 is 10.3 Å². The fourth-order valence-electron chi connectivity index (χ4n) is 3.32. The number of Topliss-reactive ketones (excluding diaryl/α,β-unsaturated/α-hetero) is 1. The summed E-state index contributed by atoms with van der Waals surface area (Å²) in [5.74, 6) is 0.441. The summed E-state index contributed by atoms with van der Waals surface area (Å²) in [7, 11) is 0. The second-order valence-corrected chi connectivity index (χ2v) is 7.37. The van der Waals surface area contributed by atoms with Crippen molar-refractivity contribution < 1.29 is 9.36 Å². The standard InChI is InChI=1S/C22H17Cl2N3O/c23-17-11-10-16(12-18(17)24)21(28)14-27-20-9-5-4-8-19(20)26(22(27)25)13-15-6-2-1-3-7-15/h1-12,25H,13-14H2/p+1. The van der Waals surface area contributed by atoms with Crippen LogP contribution in [0.25, 0.3) is 11.0 Å². The molecule has 0 fully saturated rings. The monoisotopic (exact) mass is 410 g/mol. The molecule has 0 saturated heterocycles. The third kappa shape index (κ3) is 3.49. The van der Waals surface area contributed by atoms with Gasteiger partial charge in [0, 0.05) is 5.56 Å². The minimum Gasteiger partial charge on any atom is -0.291 e.